The van der Waals surface area contributed by atoms with E-state index in [1.54, 1.807) is 0 Å². The zero-order valence-electron chi connectivity index (χ0n) is 7.78. The van der Waals surface area contributed by atoms with E-state index < -0.39 is 30.5 Å². The van der Waals surface area contributed by atoms with Gasteiger partial charge in [-0.3, -0.25) is 0 Å². The Kier molecular flexibility index (Phi) is 2.77. The first-order chi connectivity index (χ1) is 6.65. The molecule has 5 atom stereocenters. The highest BCUT2D eigenvalue weighted by atomic mass is 16.5. The van der Waals surface area contributed by atoms with Crippen molar-refractivity contribution in [2.75, 3.05) is 6.61 Å². The average Bonchev–Trinajstić information content (AvgIpc) is 2.98. The Morgan fingerprint density at radius 1 is 1.00 bits per heavy atom. The smallest absolute Gasteiger partial charge is 0.111 e. The molecule has 14 heavy (non-hydrogen) atoms. The molecule has 1 aliphatic carbocycles. The maximum Gasteiger partial charge on any atom is 0.111 e. The SMILES string of the molecule is OC[C@H]1O[C@@H](C2CC2)[C@H](O)[C@@H](O)[C@@H]1O. The lowest BCUT2D eigenvalue weighted by Gasteiger charge is -2.40. The minimum Gasteiger partial charge on any atom is -0.394 e. The van der Waals surface area contributed by atoms with Gasteiger partial charge in [0.15, 0.2) is 0 Å². The molecule has 1 saturated carbocycles. The van der Waals surface area contributed by atoms with Crippen molar-refractivity contribution in [2.24, 2.45) is 5.92 Å². The summed E-state index contributed by atoms with van der Waals surface area (Å²) >= 11 is 0. The van der Waals surface area contributed by atoms with Crippen molar-refractivity contribution in [3.63, 3.8) is 0 Å². The van der Waals surface area contributed by atoms with E-state index >= 15 is 0 Å². The molecule has 0 aromatic heterocycles. The van der Waals surface area contributed by atoms with Gasteiger partial charge in [0.1, 0.15) is 24.4 Å². The summed E-state index contributed by atoms with van der Waals surface area (Å²) in [5.74, 6) is 0.265. The Labute approximate surface area is 81.9 Å². The molecule has 1 saturated heterocycles. The zero-order valence-corrected chi connectivity index (χ0v) is 7.78. The van der Waals surface area contributed by atoms with E-state index in [1.165, 1.54) is 0 Å². The molecule has 0 spiro atoms. The summed E-state index contributed by atoms with van der Waals surface area (Å²) in [6.07, 6.45) is -2.73. The summed E-state index contributed by atoms with van der Waals surface area (Å²) in [7, 11) is 0. The van der Waals surface area contributed by atoms with Crippen molar-refractivity contribution >= 4 is 0 Å². The van der Waals surface area contributed by atoms with Crippen molar-refractivity contribution in [1.82, 2.24) is 0 Å². The van der Waals surface area contributed by atoms with Crippen LogP contribution >= 0.6 is 0 Å². The fourth-order valence-electron chi connectivity index (χ4n) is 1.94. The van der Waals surface area contributed by atoms with Crippen LogP contribution in [0.1, 0.15) is 12.8 Å². The molecule has 0 aromatic carbocycles. The van der Waals surface area contributed by atoms with E-state index in [0.29, 0.717) is 0 Å². The molecule has 5 heteroatoms. The highest BCUT2D eigenvalue weighted by Gasteiger charge is 2.48. The Hall–Kier alpha value is -0.200. The van der Waals surface area contributed by atoms with E-state index in [9.17, 15) is 15.3 Å². The molecular formula is C9H16O5. The molecule has 2 fully saturated rings. The molecule has 4 N–H and O–H groups in total. The molecule has 1 aliphatic heterocycles. The predicted molar refractivity (Wildman–Crippen MR) is 46.5 cm³/mol. The van der Waals surface area contributed by atoms with Crippen molar-refractivity contribution in [1.29, 1.82) is 0 Å². The first kappa shape index (κ1) is 10.3. The van der Waals surface area contributed by atoms with Crippen LogP contribution in [0.4, 0.5) is 0 Å². The second kappa shape index (κ2) is 3.75. The van der Waals surface area contributed by atoms with Gasteiger partial charge in [0.2, 0.25) is 0 Å². The van der Waals surface area contributed by atoms with Gasteiger partial charge in [-0.15, -0.1) is 0 Å². The lowest BCUT2D eigenvalue weighted by molar-refractivity contribution is -0.233. The summed E-state index contributed by atoms with van der Waals surface area (Å²) in [6, 6.07) is 0. The van der Waals surface area contributed by atoms with Crippen LogP contribution < -0.4 is 0 Å². The number of hydrogen-bond donors (Lipinski definition) is 4. The quantitative estimate of drug-likeness (QED) is 0.428. The largest absolute Gasteiger partial charge is 0.394 e. The summed E-state index contributed by atoms with van der Waals surface area (Å²) < 4.78 is 5.34. The number of aliphatic hydroxyl groups is 4. The molecule has 2 rings (SSSR count). The molecule has 82 valence electrons. The second-order valence-electron chi connectivity index (χ2n) is 4.13. The van der Waals surface area contributed by atoms with E-state index in [0.717, 1.165) is 12.8 Å². The monoisotopic (exact) mass is 204 g/mol. The van der Waals surface area contributed by atoms with Crippen LogP contribution in [0.2, 0.25) is 0 Å². The van der Waals surface area contributed by atoms with E-state index in [4.69, 9.17) is 9.84 Å². The van der Waals surface area contributed by atoms with Gasteiger partial charge in [-0.1, -0.05) is 0 Å². The Balaban J connectivity index is 2.05. The first-order valence-corrected chi connectivity index (χ1v) is 4.95. The number of hydrogen-bond acceptors (Lipinski definition) is 5. The molecule has 0 bridgehead atoms. The average molecular weight is 204 g/mol. The molecule has 0 unspecified atom stereocenters. The highest BCUT2D eigenvalue weighted by Crippen LogP contribution is 2.39. The lowest BCUT2D eigenvalue weighted by Crippen LogP contribution is -2.59. The maximum atomic E-state index is 9.61. The summed E-state index contributed by atoms with van der Waals surface area (Å²) in [6.45, 7) is -0.339. The van der Waals surface area contributed by atoms with Gasteiger partial charge in [-0.25, -0.2) is 0 Å². The van der Waals surface area contributed by atoms with Crippen LogP contribution in [0.3, 0.4) is 0 Å². The first-order valence-electron chi connectivity index (χ1n) is 4.95. The van der Waals surface area contributed by atoms with Crippen LogP contribution in [0.15, 0.2) is 0 Å². The van der Waals surface area contributed by atoms with Gasteiger partial charge in [0.05, 0.1) is 12.7 Å². The third-order valence-electron chi connectivity index (χ3n) is 3.02. The third kappa shape index (κ3) is 1.66. The molecule has 2 aliphatic rings. The Morgan fingerprint density at radius 2 is 1.64 bits per heavy atom. The van der Waals surface area contributed by atoms with Crippen molar-refractivity contribution in [2.45, 2.75) is 43.4 Å². The molecule has 0 aromatic rings. The van der Waals surface area contributed by atoms with Crippen molar-refractivity contribution in [3.8, 4) is 0 Å². The van der Waals surface area contributed by atoms with E-state index in [2.05, 4.69) is 0 Å². The fourth-order valence-corrected chi connectivity index (χ4v) is 1.94. The van der Waals surface area contributed by atoms with Gasteiger partial charge in [0.25, 0.3) is 0 Å². The van der Waals surface area contributed by atoms with Gasteiger partial charge in [-0.05, 0) is 18.8 Å². The third-order valence-corrected chi connectivity index (χ3v) is 3.02. The van der Waals surface area contributed by atoms with Crippen LogP contribution in [0, 0.1) is 5.92 Å². The number of aliphatic hydroxyl groups excluding tert-OH is 4. The van der Waals surface area contributed by atoms with Gasteiger partial charge < -0.3 is 25.2 Å². The predicted octanol–water partition coefficient (Wildman–Crippen LogP) is -1.76. The minimum absolute atomic E-state index is 0.265. The molecule has 1 heterocycles. The normalized spacial score (nSPS) is 49.3. The topological polar surface area (TPSA) is 90.2 Å². The summed E-state index contributed by atoms with van der Waals surface area (Å²) in [5.41, 5.74) is 0. The minimum atomic E-state index is -1.22. The lowest BCUT2D eigenvalue weighted by atomic mass is 9.93. The maximum absolute atomic E-state index is 9.61. The van der Waals surface area contributed by atoms with Gasteiger partial charge in [-0.2, -0.15) is 0 Å². The van der Waals surface area contributed by atoms with Crippen molar-refractivity contribution in [3.05, 3.63) is 0 Å². The summed E-state index contributed by atoms with van der Waals surface area (Å²) in [5, 5.41) is 37.5. The molecule has 0 radical (unpaired) electrons. The molecule has 5 nitrogen and oxygen atoms in total. The number of ether oxygens (including phenoxy) is 1. The van der Waals surface area contributed by atoms with Gasteiger partial charge >= 0.3 is 0 Å². The Morgan fingerprint density at radius 3 is 2.14 bits per heavy atom. The standard InChI is InChI=1S/C9H16O5/c10-3-5-6(11)7(12)8(13)9(14-5)4-1-2-4/h4-13H,1-3H2/t5-,6-,7+,8-,9+/m1/s1. The van der Waals surface area contributed by atoms with Crippen LogP contribution in [-0.2, 0) is 4.74 Å². The summed E-state index contributed by atoms with van der Waals surface area (Å²) in [4.78, 5) is 0. The zero-order chi connectivity index (χ0) is 10.3. The molecule has 0 amide bonds. The van der Waals surface area contributed by atoms with Crippen molar-refractivity contribution < 1.29 is 25.2 Å². The Bertz CT molecular complexity index is 203. The second-order valence-corrected chi connectivity index (χ2v) is 4.13. The van der Waals surface area contributed by atoms with Crippen LogP contribution in [-0.4, -0.2) is 57.6 Å². The van der Waals surface area contributed by atoms with E-state index in [1.807, 2.05) is 0 Å². The van der Waals surface area contributed by atoms with Gasteiger partial charge in [0, 0.05) is 0 Å². The molecular weight excluding hydrogens is 188 g/mol. The van der Waals surface area contributed by atoms with E-state index in [-0.39, 0.29) is 12.5 Å². The number of rotatable bonds is 2. The fraction of sp³-hybridized carbons (Fsp3) is 1.00. The highest BCUT2D eigenvalue weighted by molar-refractivity contribution is 4.97. The van der Waals surface area contributed by atoms with Crippen LogP contribution in [0.25, 0.3) is 0 Å². The van der Waals surface area contributed by atoms with Crippen LogP contribution in [0.5, 0.6) is 0 Å².